The molecule has 2 fully saturated rings. The molecule has 2 heteroatoms. The minimum Gasteiger partial charge on any atom is -0.396 e. The standard InChI is InChI=1S/C10H19NO/c12-8-10-2-1-5-11(7-10)6-9-3-4-9/h9-10,12H,1-8H2. The molecule has 1 aliphatic heterocycles. The lowest BCUT2D eigenvalue weighted by molar-refractivity contribution is 0.117. The minimum absolute atomic E-state index is 0.390. The van der Waals surface area contributed by atoms with Gasteiger partial charge in [0.2, 0.25) is 0 Å². The van der Waals surface area contributed by atoms with Crippen LogP contribution in [0.25, 0.3) is 0 Å². The van der Waals surface area contributed by atoms with Gasteiger partial charge in [0.1, 0.15) is 0 Å². The molecule has 0 spiro atoms. The monoisotopic (exact) mass is 169 g/mol. The molecule has 1 saturated heterocycles. The first-order valence-corrected chi connectivity index (χ1v) is 5.21. The number of aliphatic hydroxyl groups is 1. The molecule has 0 radical (unpaired) electrons. The van der Waals surface area contributed by atoms with E-state index in [1.165, 1.54) is 38.8 Å². The fourth-order valence-corrected chi connectivity index (χ4v) is 2.13. The summed E-state index contributed by atoms with van der Waals surface area (Å²) in [7, 11) is 0. The van der Waals surface area contributed by atoms with E-state index in [1.54, 1.807) is 0 Å². The lowest BCUT2D eigenvalue weighted by Crippen LogP contribution is -2.37. The van der Waals surface area contributed by atoms with Gasteiger partial charge in [0.15, 0.2) is 0 Å². The molecule has 0 amide bonds. The number of likely N-dealkylation sites (tertiary alicyclic amines) is 1. The van der Waals surface area contributed by atoms with E-state index in [9.17, 15) is 0 Å². The van der Waals surface area contributed by atoms with Gasteiger partial charge in [-0.05, 0) is 44.1 Å². The highest BCUT2D eigenvalue weighted by Crippen LogP contribution is 2.31. The third kappa shape index (κ3) is 2.20. The van der Waals surface area contributed by atoms with Gasteiger partial charge in [0.05, 0.1) is 0 Å². The zero-order valence-corrected chi connectivity index (χ0v) is 7.71. The first-order chi connectivity index (χ1) is 5.88. The summed E-state index contributed by atoms with van der Waals surface area (Å²) < 4.78 is 0. The molecule has 1 heterocycles. The van der Waals surface area contributed by atoms with Gasteiger partial charge >= 0.3 is 0 Å². The first-order valence-electron chi connectivity index (χ1n) is 5.21. The van der Waals surface area contributed by atoms with Gasteiger partial charge in [0.25, 0.3) is 0 Å². The second-order valence-corrected chi connectivity index (χ2v) is 4.39. The van der Waals surface area contributed by atoms with Gasteiger partial charge in [-0.1, -0.05) is 0 Å². The molecule has 1 unspecified atom stereocenters. The molecule has 1 saturated carbocycles. The maximum atomic E-state index is 9.03. The summed E-state index contributed by atoms with van der Waals surface area (Å²) in [6, 6.07) is 0. The summed E-state index contributed by atoms with van der Waals surface area (Å²) >= 11 is 0. The third-order valence-corrected chi connectivity index (χ3v) is 3.07. The maximum absolute atomic E-state index is 9.03. The highest BCUT2D eigenvalue weighted by molar-refractivity contribution is 4.80. The molecule has 12 heavy (non-hydrogen) atoms. The Hall–Kier alpha value is -0.0800. The summed E-state index contributed by atoms with van der Waals surface area (Å²) in [6.45, 7) is 4.11. The molecule has 0 aromatic heterocycles. The van der Waals surface area contributed by atoms with Crippen LogP contribution in [0.1, 0.15) is 25.7 Å². The molecule has 2 aliphatic rings. The van der Waals surface area contributed by atoms with Crippen molar-refractivity contribution in [2.45, 2.75) is 25.7 Å². The van der Waals surface area contributed by atoms with Gasteiger partial charge in [-0.3, -0.25) is 0 Å². The van der Waals surface area contributed by atoms with Crippen LogP contribution >= 0.6 is 0 Å². The average molecular weight is 169 g/mol. The van der Waals surface area contributed by atoms with E-state index in [0.717, 1.165) is 12.5 Å². The Morgan fingerprint density at radius 2 is 2.00 bits per heavy atom. The van der Waals surface area contributed by atoms with Gasteiger partial charge in [-0.25, -0.2) is 0 Å². The number of hydrogen-bond donors (Lipinski definition) is 1. The van der Waals surface area contributed by atoms with E-state index in [2.05, 4.69) is 4.90 Å². The Morgan fingerprint density at radius 1 is 1.17 bits per heavy atom. The molecular formula is C10H19NO. The van der Waals surface area contributed by atoms with Crippen molar-refractivity contribution in [3.63, 3.8) is 0 Å². The minimum atomic E-state index is 0.390. The van der Waals surface area contributed by atoms with Crippen molar-refractivity contribution in [3.8, 4) is 0 Å². The Balaban J connectivity index is 1.73. The number of nitrogens with zero attached hydrogens (tertiary/aromatic N) is 1. The van der Waals surface area contributed by atoms with Crippen molar-refractivity contribution in [1.29, 1.82) is 0 Å². The SMILES string of the molecule is OCC1CCCN(CC2CC2)C1. The van der Waals surface area contributed by atoms with Crippen molar-refractivity contribution >= 4 is 0 Å². The van der Waals surface area contributed by atoms with Gasteiger partial charge in [0, 0.05) is 19.7 Å². The van der Waals surface area contributed by atoms with Crippen LogP contribution in [0.15, 0.2) is 0 Å². The van der Waals surface area contributed by atoms with E-state index in [0.29, 0.717) is 12.5 Å². The van der Waals surface area contributed by atoms with Crippen LogP contribution in [0, 0.1) is 11.8 Å². The van der Waals surface area contributed by atoms with Crippen molar-refractivity contribution < 1.29 is 5.11 Å². The molecule has 0 aromatic carbocycles. The van der Waals surface area contributed by atoms with Crippen LogP contribution in [0.2, 0.25) is 0 Å². The largest absolute Gasteiger partial charge is 0.396 e. The molecule has 0 bridgehead atoms. The molecule has 70 valence electrons. The van der Waals surface area contributed by atoms with Crippen LogP contribution in [-0.4, -0.2) is 36.2 Å². The topological polar surface area (TPSA) is 23.5 Å². The number of hydrogen-bond acceptors (Lipinski definition) is 2. The average Bonchev–Trinajstić information content (AvgIpc) is 2.89. The summed E-state index contributed by atoms with van der Waals surface area (Å²) in [5.74, 6) is 1.57. The highest BCUT2D eigenvalue weighted by atomic mass is 16.3. The number of rotatable bonds is 3. The fraction of sp³-hybridized carbons (Fsp3) is 1.00. The Bertz CT molecular complexity index is 145. The molecule has 1 N–H and O–H groups in total. The Morgan fingerprint density at radius 3 is 2.67 bits per heavy atom. The van der Waals surface area contributed by atoms with Crippen LogP contribution < -0.4 is 0 Å². The van der Waals surface area contributed by atoms with Gasteiger partial charge < -0.3 is 10.0 Å². The summed E-state index contributed by atoms with van der Waals surface area (Å²) in [5.41, 5.74) is 0. The van der Waals surface area contributed by atoms with Crippen molar-refractivity contribution in [3.05, 3.63) is 0 Å². The zero-order chi connectivity index (χ0) is 8.39. The molecule has 0 aromatic rings. The Kier molecular flexibility index (Phi) is 2.66. The second-order valence-electron chi connectivity index (χ2n) is 4.39. The number of aliphatic hydroxyl groups excluding tert-OH is 1. The van der Waals surface area contributed by atoms with E-state index in [4.69, 9.17) is 5.11 Å². The predicted molar refractivity (Wildman–Crippen MR) is 49.0 cm³/mol. The summed E-state index contributed by atoms with van der Waals surface area (Å²) in [6.07, 6.45) is 5.41. The van der Waals surface area contributed by atoms with Crippen LogP contribution in [-0.2, 0) is 0 Å². The van der Waals surface area contributed by atoms with Crippen molar-refractivity contribution in [2.75, 3.05) is 26.2 Å². The smallest absolute Gasteiger partial charge is 0.0471 e. The van der Waals surface area contributed by atoms with Crippen molar-refractivity contribution in [2.24, 2.45) is 11.8 Å². The predicted octanol–water partition coefficient (Wildman–Crippen LogP) is 1.10. The molecule has 1 aliphatic carbocycles. The molecule has 2 nitrogen and oxygen atoms in total. The third-order valence-electron chi connectivity index (χ3n) is 3.07. The van der Waals surface area contributed by atoms with E-state index in [-0.39, 0.29) is 0 Å². The highest BCUT2D eigenvalue weighted by Gasteiger charge is 2.27. The molecule has 1 atom stereocenters. The summed E-state index contributed by atoms with van der Waals surface area (Å²) in [4.78, 5) is 2.54. The van der Waals surface area contributed by atoms with Crippen molar-refractivity contribution in [1.82, 2.24) is 4.90 Å². The normalized spacial score (nSPS) is 32.2. The molecule has 2 rings (SSSR count). The Labute approximate surface area is 74.6 Å². The zero-order valence-electron chi connectivity index (χ0n) is 7.71. The van der Waals surface area contributed by atoms with E-state index >= 15 is 0 Å². The fourth-order valence-electron chi connectivity index (χ4n) is 2.13. The maximum Gasteiger partial charge on any atom is 0.0471 e. The van der Waals surface area contributed by atoms with Gasteiger partial charge in [-0.15, -0.1) is 0 Å². The summed E-state index contributed by atoms with van der Waals surface area (Å²) in [5, 5.41) is 9.03. The first kappa shape index (κ1) is 8.52. The van der Waals surface area contributed by atoms with Crippen LogP contribution in [0.3, 0.4) is 0 Å². The quantitative estimate of drug-likeness (QED) is 0.684. The lowest BCUT2D eigenvalue weighted by Gasteiger charge is -2.31. The van der Waals surface area contributed by atoms with Crippen LogP contribution in [0.4, 0.5) is 0 Å². The molecular weight excluding hydrogens is 150 g/mol. The second kappa shape index (κ2) is 3.75. The van der Waals surface area contributed by atoms with Gasteiger partial charge in [-0.2, -0.15) is 0 Å². The number of piperidine rings is 1. The van der Waals surface area contributed by atoms with E-state index in [1.807, 2.05) is 0 Å². The van der Waals surface area contributed by atoms with E-state index < -0.39 is 0 Å². The van der Waals surface area contributed by atoms with Crippen LogP contribution in [0.5, 0.6) is 0 Å². The lowest BCUT2D eigenvalue weighted by atomic mass is 9.99.